The van der Waals surface area contributed by atoms with Gasteiger partial charge in [-0.25, -0.2) is 5.43 Å². The van der Waals surface area contributed by atoms with Gasteiger partial charge in [-0.1, -0.05) is 0 Å². The van der Waals surface area contributed by atoms with Gasteiger partial charge in [-0.2, -0.15) is 10.2 Å². The highest BCUT2D eigenvalue weighted by molar-refractivity contribution is 5.87. The zero-order chi connectivity index (χ0) is 20.7. The first-order valence-electron chi connectivity index (χ1n) is 7.38. The van der Waals surface area contributed by atoms with Crippen LogP contribution in [0.25, 0.3) is 0 Å². The lowest BCUT2D eigenvalue weighted by Crippen LogP contribution is -2.26. The van der Waals surface area contributed by atoms with E-state index in [9.17, 15) is 30.4 Å². The number of nitrogens with two attached hydrogens (primary N) is 1. The van der Waals surface area contributed by atoms with Gasteiger partial charge in [0.2, 0.25) is 5.96 Å². The van der Waals surface area contributed by atoms with E-state index in [-0.39, 0.29) is 40.0 Å². The Kier molecular flexibility index (Phi) is 6.15. The first kappa shape index (κ1) is 19.8. The molecular weight excluding hydrogens is 374 g/mol. The summed E-state index contributed by atoms with van der Waals surface area (Å²) in [5.74, 6) is -0.761. The Balaban J connectivity index is 2.06. The van der Waals surface area contributed by atoms with Gasteiger partial charge in [0.1, 0.15) is 11.5 Å². The lowest BCUT2D eigenvalue weighted by molar-refractivity contribution is -0.385. The van der Waals surface area contributed by atoms with Gasteiger partial charge in [-0.3, -0.25) is 20.2 Å². The smallest absolute Gasteiger partial charge is 0.270 e. The molecule has 2 aromatic rings. The molecule has 0 aliphatic carbocycles. The summed E-state index contributed by atoms with van der Waals surface area (Å²) in [5, 5.41) is 51.4. The number of phenols is 2. The van der Waals surface area contributed by atoms with Gasteiger partial charge in [0.25, 0.3) is 11.4 Å². The van der Waals surface area contributed by atoms with E-state index in [4.69, 9.17) is 5.73 Å². The number of hydrogen-bond acceptors (Lipinski definition) is 9. The van der Waals surface area contributed by atoms with Crippen molar-refractivity contribution in [3.8, 4) is 11.5 Å². The van der Waals surface area contributed by atoms with E-state index in [0.29, 0.717) is 0 Å². The van der Waals surface area contributed by atoms with Crippen molar-refractivity contribution < 1.29 is 20.1 Å². The van der Waals surface area contributed by atoms with Crippen molar-refractivity contribution in [2.75, 3.05) is 0 Å². The zero-order valence-electron chi connectivity index (χ0n) is 14.0. The van der Waals surface area contributed by atoms with Crippen LogP contribution >= 0.6 is 0 Å². The van der Waals surface area contributed by atoms with Gasteiger partial charge in [0.05, 0.1) is 22.3 Å². The summed E-state index contributed by atoms with van der Waals surface area (Å²) in [5.41, 5.74) is 7.42. The van der Waals surface area contributed by atoms with Crippen LogP contribution in [0.1, 0.15) is 11.1 Å². The third-order valence-corrected chi connectivity index (χ3v) is 3.19. The topological polar surface area (TPSA) is 202 Å². The molecule has 0 atom stereocenters. The Labute approximate surface area is 156 Å². The fourth-order valence-corrected chi connectivity index (χ4v) is 1.86. The van der Waals surface area contributed by atoms with Gasteiger partial charge in [-0.05, 0) is 12.1 Å². The van der Waals surface area contributed by atoms with Crippen LogP contribution in [0.2, 0.25) is 0 Å². The van der Waals surface area contributed by atoms with E-state index in [2.05, 4.69) is 20.7 Å². The second-order valence-corrected chi connectivity index (χ2v) is 5.10. The van der Waals surface area contributed by atoms with Crippen LogP contribution in [-0.2, 0) is 0 Å². The van der Waals surface area contributed by atoms with E-state index in [1.165, 1.54) is 0 Å². The van der Waals surface area contributed by atoms with Crippen LogP contribution < -0.4 is 11.2 Å². The first-order valence-corrected chi connectivity index (χ1v) is 7.38. The molecule has 0 radical (unpaired) electrons. The number of non-ortho nitro benzene ring substituents is 2. The lowest BCUT2D eigenvalue weighted by atomic mass is 10.2. The summed E-state index contributed by atoms with van der Waals surface area (Å²) < 4.78 is 0. The second kappa shape index (κ2) is 8.70. The molecule has 28 heavy (non-hydrogen) atoms. The Morgan fingerprint density at radius 1 is 0.964 bits per heavy atom. The highest BCUT2D eigenvalue weighted by Crippen LogP contribution is 2.22. The SMILES string of the molecule is NC(=NN=Cc1cc([N+](=O)[O-])ccc1O)NN=Cc1cc([N+](=O)[O-])ccc1O. The number of hydrogen-bond donors (Lipinski definition) is 4. The van der Waals surface area contributed by atoms with Crippen molar-refractivity contribution in [1.82, 2.24) is 5.43 Å². The predicted octanol–water partition coefficient (Wildman–Crippen LogP) is 1.19. The van der Waals surface area contributed by atoms with Gasteiger partial charge in [0.15, 0.2) is 0 Å². The van der Waals surface area contributed by atoms with Gasteiger partial charge in [-0.15, -0.1) is 5.10 Å². The molecule has 0 heterocycles. The third kappa shape index (κ3) is 5.22. The number of aromatic hydroxyl groups is 2. The minimum Gasteiger partial charge on any atom is -0.507 e. The molecule has 0 saturated carbocycles. The number of phenolic OH excluding ortho intramolecular Hbond substituents is 2. The van der Waals surface area contributed by atoms with Crippen molar-refractivity contribution in [3.05, 3.63) is 67.8 Å². The maximum absolute atomic E-state index is 10.7. The molecule has 0 spiro atoms. The number of guanidine groups is 1. The van der Waals surface area contributed by atoms with Gasteiger partial charge < -0.3 is 15.9 Å². The Morgan fingerprint density at radius 2 is 1.46 bits per heavy atom. The molecule has 2 rings (SSSR count). The molecule has 144 valence electrons. The van der Waals surface area contributed by atoms with Crippen molar-refractivity contribution in [1.29, 1.82) is 0 Å². The van der Waals surface area contributed by atoms with E-state index in [1.54, 1.807) is 0 Å². The summed E-state index contributed by atoms with van der Waals surface area (Å²) in [4.78, 5) is 20.2. The van der Waals surface area contributed by atoms with E-state index in [0.717, 1.165) is 48.8 Å². The van der Waals surface area contributed by atoms with Crippen molar-refractivity contribution in [2.45, 2.75) is 0 Å². The Hall–Kier alpha value is -4.55. The number of nitro benzene ring substituents is 2. The van der Waals surface area contributed by atoms with Crippen LogP contribution in [0.15, 0.2) is 51.7 Å². The molecule has 13 nitrogen and oxygen atoms in total. The Bertz CT molecular complexity index is 1000. The van der Waals surface area contributed by atoms with Crippen LogP contribution in [0.5, 0.6) is 11.5 Å². The molecule has 0 aliphatic rings. The van der Waals surface area contributed by atoms with Crippen LogP contribution in [-0.4, -0.2) is 38.4 Å². The monoisotopic (exact) mass is 387 g/mol. The number of rotatable bonds is 6. The summed E-state index contributed by atoms with van der Waals surface area (Å²) in [7, 11) is 0. The number of nitrogens with zero attached hydrogens (tertiary/aromatic N) is 5. The fourth-order valence-electron chi connectivity index (χ4n) is 1.86. The summed E-state index contributed by atoms with van der Waals surface area (Å²) in [6.07, 6.45) is 2.13. The standard InChI is InChI=1S/C15H13N7O6/c16-15(19-17-7-9-5-11(21(25)26)1-3-13(9)23)20-18-8-10-6-12(22(27)28)2-4-14(10)24/h1-8,23-24H,(H3,16,19,20). The second-order valence-electron chi connectivity index (χ2n) is 5.10. The predicted molar refractivity (Wildman–Crippen MR) is 99.5 cm³/mol. The lowest BCUT2D eigenvalue weighted by Gasteiger charge is -2.00. The van der Waals surface area contributed by atoms with Gasteiger partial charge in [0, 0.05) is 35.4 Å². The maximum Gasteiger partial charge on any atom is 0.270 e. The average molecular weight is 387 g/mol. The minimum atomic E-state index is -0.631. The van der Waals surface area contributed by atoms with E-state index in [1.807, 2.05) is 0 Å². The van der Waals surface area contributed by atoms with Crippen LogP contribution in [0, 0.1) is 20.2 Å². The number of benzene rings is 2. The average Bonchev–Trinajstić information content (AvgIpc) is 2.64. The fraction of sp³-hybridized carbons (Fsp3) is 0. The van der Waals surface area contributed by atoms with Gasteiger partial charge >= 0.3 is 0 Å². The molecule has 0 bridgehead atoms. The first-order chi connectivity index (χ1) is 13.3. The summed E-state index contributed by atoms with van der Waals surface area (Å²) >= 11 is 0. The van der Waals surface area contributed by atoms with Crippen LogP contribution in [0.3, 0.4) is 0 Å². The maximum atomic E-state index is 10.7. The van der Waals surface area contributed by atoms with Crippen LogP contribution in [0.4, 0.5) is 11.4 Å². The molecule has 0 aliphatic heterocycles. The molecule has 0 aromatic heterocycles. The Morgan fingerprint density at radius 3 is 1.96 bits per heavy atom. The molecule has 0 fully saturated rings. The van der Waals surface area contributed by atoms with Crippen molar-refractivity contribution >= 4 is 29.8 Å². The number of nitro groups is 2. The van der Waals surface area contributed by atoms with E-state index < -0.39 is 9.85 Å². The molecule has 13 heteroatoms. The summed E-state index contributed by atoms with van der Waals surface area (Å²) in [6, 6.07) is 6.75. The number of hydrazone groups is 1. The molecule has 0 unspecified atom stereocenters. The highest BCUT2D eigenvalue weighted by Gasteiger charge is 2.09. The quantitative estimate of drug-likeness (QED) is 0.245. The van der Waals surface area contributed by atoms with Crippen molar-refractivity contribution in [3.63, 3.8) is 0 Å². The summed E-state index contributed by atoms with van der Waals surface area (Å²) in [6.45, 7) is 0. The third-order valence-electron chi connectivity index (χ3n) is 3.19. The molecule has 0 amide bonds. The molecular formula is C15H13N7O6. The largest absolute Gasteiger partial charge is 0.507 e. The molecule has 5 N–H and O–H groups in total. The van der Waals surface area contributed by atoms with E-state index >= 15 is 0 Å². The molecule has 2 aromatic carbocycles. The zero-order valence-corrected chi connectivity index (χ0v) is 14.0. The van der Waals surface area contributed by atoms with Crippen molar-refractivity contribution in [2.24, 2.45) is 21.0 Å². The highest BCUT2D eigenvalue weighted by atomic mass is 16.6. The molecule has 0 saturated heterocycles. The minimum absolute atomic E-state index is 0.0516. The normalized spacial score (nSPS) is 11.8. The number of nitrogens with one attached hydrogen (secondary N) is 1.